The molecule has 1 amide bonds. The average Bonchev–Trinajstić information content (AvgIpc) is 2.80. The first-order valence-electron chi connectivity index (χ1n) is 10.2. The minimum atomic E-state index is -4.48. The summed E-state index contributed by atoms with van der Waals surface area (Å²) in [5.74, 6) is 0.182. The molecular formula is C23H26F3N5O2S. The molecule has 0 aliphatic heterocycles. The van der Waals surface area contributed by atoms with Crippen molar-refractivity contribution >= 4 is 25.2 Å². The second kappa shape index (κ2) is 11.7. The highest BCUT2D eigenvalue weighted by Gasteiger charge is 2.28. The summed E-state index contributed by atoms with van der Waals surface area (Å²) >= 11 is 0. The molecule has 7 nitrogen and oxygen atoms in total. The van der Waals surface area contributed by atoms with E-state index in [2.05, 4.69) is 20.3 Å². The van der Waals surface area contributed by atoms with Crippen LogP contribution in [0.3, 0.4) is 0 Å². The number of methoxy groups -OCH3 is 1. The van der Waals surface area contributed by atoms with E-state index in [1.54, 1.807) is 12.3 Å². The third kappa shape index (κ3) is 7.34. The summed E-state index contributed by atoms with van der Waals surface area (Å²) in [7, 11) is 1.45. The molecule has 11 heteroatoms. The molecule has 0 fully saturated rings. The predicted molar refractivity (Wildman–Crippen MR) is 129 cm³/mol. The number of benzene rings is 1. The number of nitrogens with zero attached hydrogens (tertiary/aromatic N) is 3. The number of rotatable bonds is 8. The van der Waals surface area contributed by atoms with Crippen LogP contribution in [0.25, 0.3) is 11.3 Å². The summed E-state index contributed by atoms with van der Waals surface area (Å²) in [4.78, 5) is 24.8. The lowest BCUT2D eigenvalue weighted by atomic mass is 9.98. The first-order chi connectivity index (χ1) is 15.7. The molecule has 2 aromatic heterocycles. The molecule has 2 N–H and O–H groups in total. The lowest BCUT2D eigenvalue weighted by Crippen LogP contribution is -2.33. The Balaban J connectivity index is 0.00000408. The third-order valence-electron chi connectivity index (χ3n) is 4.94. The van der Waals surface area contributed by atoms with Gasteiger partial charge in [0.2, 0.25) is 0 Å². The molecule has 0 radical (unpaired) electrons. The molecule has 0 saturated heterocycles. The number of ether oxygens (including phenoxy) is 1. The number of halogens is 3. The summed E-state index contributed by atoms with van der Waals surface area (Å²) in [6.45, 7) is 2.97. The van der Waals surface area contributed by atoms with E-state index >= 15 is 0 Å². The molecule has 3 rings (SSSR count). The Morgan fingerprint density at radius 2 is 1.88 bits per heavy atom. The van der Waals surface area contributed by atoms with E-state index in [0.29, 0.717) is 18.1 Å². The van der Waals surface area contributed by atoms with Crippen molar-refractivity contribution in [3.8, 4) is 17.0 Å². The van der Waals surface area contributed by atoms with Gasteiger partial charge < -0.3 is 15.4 Å². The number of amides is 1. The molecule has 2 heterocycles. The SMILES string of the molecule is COc1cc(C(=O)NCC(F)(F)F)ccc1[C@H](C)CNc1cc(-c2ccc(C)nc2)ncn1.S. The van der Waals surface area contributed by atoms with Crippen LogP contribution in [-0.4, -0.2) is 47.2 Å². The van der Waals surface area contributed by atoms with Gasteiger partial charge in [-0.2, -0.15) is 26.7 Å². The number of hydrogen-bond donors (Lipinski definition) is 2. The quantitative estimate of drug-likeness (QED) is 0.481. The molecular weight excluding hydrogens is 467 g/mol. The zero-order valence-corrected chi connectivity index (χ0v) is 19.9. The lowest BCUT2D eigenvalue weighted by molar-refractivity contribution is -0.123. The van der Waals surface area contributed by atoms with Gasteiger partial charge >= 0.3 is 6.18 Å². The van der Waals surface area contributed by atoms with Crippen LogP contribution in [0.15, 0.2) is 48.9 Å². The Morgan fingerprint density at radius 3 is 2.53 bits per heavy atom. The molecule has 0 spiro atoms. The number of pyridine rings is 1. The van der Waals surface area contributed by atoms with Gasteiger partial charge in [0.25, 0.3) is 5.91 Å². The number of carbonyl (C=O) groups excluding carboxylic acids is 1. The summed E-state index contributed by atoms with van der Waals surface area (Å²) < 4.78 is 42.4. The lowest BCUT2D eigenvalue weighted by Gasteiger charge is -2.18. The first kappa shape index (κ1) is 26.9. The van der Waals surface area contributed by atoms with Crippen molar-refractivity contribution in [1.82, 2.24) is 20.3 Å². The highest BCUT2D eigenvalue weighted by atomic mass is 32.1. The number of hydrogen-bond acceptors (Lipinski definition) is 6. The zero-order chi connectivity index (χ0) is 24.0. The predicted octanol–water partition coefficient (Wildman–Crippen LogP) is 4.48. The maximum absolute atomic E-state index is 12.4. The summed E-state index contributed by atoms with van der Waals surface area (Å²) in [5.41, 5.74) is 3.42. The molecule has 34 heavy (non-hydrogen) atoms. The van der Waals surface area contributed by atoms with E-state index in [9.17, 15) is 18.0 Å². The van der Waals surface area contributed by atoms with Crippen LogP contribution in [-0.2, 0) is 0 Å². The van der Waals surface area contributed by atoms with Crippen molar-refractivity contribution < 1.29 is 22.7 Å². The van der Waals surface area contributed by atoms with Crippen LogP contribution < -0.4 is 15.4 Å². The van der Waals surface area contributed by atoms with Gasteiger partial charge in [-0.05, 0) is 36.8 Å². The van der Waals surface area contributed by atoms with Crippen molar-refractivity contribution in [2.24, 2.45) is 0 Å². The standard InChI is InChI=1S/C23H24F3N5O2.H2S/c1-14(10-28-21-9-19(30-13-31-21)17-5-4-15(2)27-11-17)18-7-6-16(8-20(18)33-3)22(32)29-12-23(24,25)26;/h4-9,11,13-14H,10,12H2,1-3H3,(H,29,32)(H,28,30,31);1H2/t14-;/m1./s1. The van der Waals surface area contributed by atoms with Gasteiger partial charge in [-0.15, -0.1) is 0 Å². The Bertz CT molecular complexity index is 1110. The number of alkyl halides is 3. The number of aromatic nitrogens is 3. The summed E-state index contributed by atoms with van der Waals surface area (Å²) in [6, 6.07) is 10.3. The Morgan fingerprint density at radius 1 is 1.12 bits per heavy atom. The molecule has 0 unspecified atom stereocenters. The first-order valence-corrected chi connectivity index (χ1v) is 10.2. The Hall–Kier alpha value is -3.34. The van der Waals surface area contributed by atoms with E-state index in [-0.39, 0.29) is 25.0 Å². The van der Waals surface area contributed by atoms with E-state index in [4.69, 9.17) is 4.74 Å². The van der Waals surface area contributed by atoms with Gasteiger partial charge in [-0.25, -0.2) is 9.97 Å². The van der Waals surface area contributed by atoms with Crippen molar-refractivity contribution in [3.63, 3.8) is 0 Å². The average molecular weight is 494 g/mol. The van der Waals surface area contributed by atoms with Gasteiger partial charge in [-0.1, -0.05) is 13.0 Å². The molecule has 0 saturated carbocycles. The largest absolute Gasteiger partial charge is 0.496 e. The van der Waals surface area contributed by atoms with Crippen LogP contribution in [0.1, 0.15) is 34.5 Å². The molecule has 0 aliphatic rings. The topological polar surface area (TPSA) is 89.0 Å². The minimum Gasteiger partial charge on any atom is -0.496 e. The van der Waals surface area contributed by atoms with Crippen molar-refractivity contribution in [3.05, 3.63) is 65.7 Å². The van der Waals surface area contributed by atoms with E-state index in [0.717, 1.165) is 22.5 Å². The molecule has 0 bridgehead atoms. The van der Waals surface area contributed by atoms with Crippen molar-refractivity contribution in [2.75, 3.05) is 25.5 Å². The second-order valence-electron chi connectivity index (χ2n) is 7.51. The van der Waals surface area contributed by atoms with Crippen molar-refractivity contribution in [1.29, 1.82) is 0 Å². The minimum absolute atomic E-state index is 0. The van der Waals surface area contributed by atoms with Gasteiger partial charge in [0, 0.05) is 41.5 Å². The van der Waals surface area contributed by atoms with Crippen molar-refractivity contribution in [2.45, 2.75) is 25.9 Å². The number of aryl methyl sites for hydroxylation is 1. The van der Waals surface area contributed by atoms with Gasteiger partial charge in [-0.3, -0.25) is 9.78 Å². The number of carbonyl (C=O) groups is 1. The third-order valence-corrected chi connectivity index (χ3v) is 4.94. The number of nitrogens with one attached hydrogen (secondary N) is 2. The maximum Gasteiger partial charge on any atom is 0.405 e. The molecule has 182 valence electrons. The molecule has 1 atom stereocenters. The van der Waals surface area contributed by atoms with Gasteiger partial charge in [0.05, 0.1) is 12.8 Å². The highest BCUT2D eigenvalue weighted by molar-refractivity contribution is 7.59. The second-order valence-corrected chi connectivity index (χ2v) is 7.51. The molecule has 3 aromatic rings. The fraction of sp³-hybridized carbons (Fsp3) is 0.304. The maximum atomic E-state index is 12.4. The zero-order valence-electron chi connectivity index (χ0n) is 18.9. The van der Waals surface area contributed by atoms with Crippen LogP contribution in [0, 0.1) is 6.92 Å². The fourth-order valence-electron chi connectivity index (χ4n) is 3.14. The molecule has 1 aromatic carbocycles. The monoisotopic (exact) mass is 493 g/mol. The highest BCUT2D eigenvalue weighted by Crippen LogP contribution is 2.28. The van der Waals surface area contributed by atoms with Crippen LogP contribution in [0.4, 0.5) is 19.0 Å². The fourth-order valence-corrected chi connectivity index (χ4v) is 3.14. The van der Waals surface area contributed by atoms with Crippen LogP contribution in [0.5, 0.6) is 5.75 Å². The van der Waals surface area contributed by atoms with E-state index in [1.165, 1.54) is 25.6 Å². The van der Waals surface area contributed by atoms with Gasteiger partial charge in [0.15, 0.2) is 0 Å². The molecule has 0 aliphatic carbocycles. The normalized spacial score (nSPS) is 11.8. The van der Waals surface area contributed by atoms with E-state index in [1.807, 2.05) is 37.4 Å². The van der Waals surface area contributed by atoms with Gasteiger partial charge in [0.1, 0.15) is 24.4 Å². The van der Waals surface area contributed by atoms with Crippen LogP contribution >= 0.6 is 13.5 Å². The Labute approximate surface area is 202 Å². The summed E-state index contributed by atoms with van der Waals surface area (Å²) in [6.07, 6.45) is -1.25. The van der Waals surface area contributed by atoms with E-state index < -0.39 is 18.6 Å². The Kier molecular flexibility index (Phi) is 9.25. The smallest absolute Gasteiger partial charge is 0.405 e. The summed E-state index contributed by atoms with van der Waals surface area (Å²) in [5, 5.41) is 5.12. The number of anilines is 1. The van der Waals surface area contributed by atoms with Crippen LogP contribution in [0.2, 0.25) is 0 Å².